The van der Waals surface area contributed by atoms with E-state index in [1.54, 1.807) is 37.7 Å². The third kappa shape index (κ3) is 2.09. The van der Waals surface area contributed by atoms with E-state index in [2.05, 4.69) is 9.97 Å². The van der Waals surface area contributed by atoms with Crippen molar-refractivity contribution in [3.63, 3.8) is 0 Å². The number of aryl methyl sites for hydroxylation is 1. The molecule has 0 fully saturated rings. The highest BCUT2D eigenvalue weighted by Gasteiger charge is 2.10. The van der Waals surface area contributed by atoms with E-state index in [0.717, 1.165) is 16.8 Å². The Bertz CT molecular complexity index is 787. The van der Waals surface area contributed by atoms with Crippen LogP contribution in [0.1, 0.15) is 5.69 Å². The fourth-order valence-electron chi connectivity index (χ4n) is 2.20. The minimum Gasteiger partial charge on any atom is -0.494 e. The first-order chi connectivity index (χ1) is 9.69. The molecule has 1 aromatic carbocycles. The van der Waals surface area contributed by atoms with Crippen LogP contribution in [0.3, 0.4) is 0 Å². The van der Waals surface area contributed by atoms with Crippen molar-refractivity contribution in [2.45, 2.75) is 6.92 Å². The van der Waals surface area contributed by atoms with Crippen LogP contribution in [-0.4, -0.2) is 17.1 Å². The highest BCUT2D eigenvalue weighted by atomic mass is 19.1. The number of halogens is 1. The number of methoxy groups -OCH3 is 1. The van der Waals surface area contributed by atoms with Crippen molar-refractivity contribution in [1.82, 2.24) is 9.97 Å². The van der Waals surface area contributed by atoms with Crippen LogP contribution in [0.15, 0.2) is 42.7 Å². The third-order valence-electron chi connectivity index (χ3n) is 3.21. The van der Waals surface area contributed by atoms with E-state index in [9.17, 15) is 4.39 Å². The molecule has 3 aromatic rings. The number of nitrogens with zero attached hydrogens (tertiary/aromatic N) is 2. The summed E-state index contributed by atoms with van der Waals surface area (Å²) in [7, 11) is 1.59. The van der Waals surface area contributed by atoms with Crippen LogP contribution < -0.4 is 4.74 Å². The number of aromatic nitrogens is 2. The number of benzene rings is 1. The van der Waals surface area contributed by atoms with Gasteiger partial charge in [0, 0.05) is 28.4 Å². The molecule has 2 heterocycles. The Morgan fingerprint density at radius 2 is 1.95 bits per heavy atom. The Kier molecular flexibility index (Phi) is 3.06. The van der Waals surface area contributed by atoms with Gasteiger partial charge in [0.1, 0.15) is 11.6 Å². The van der Waals surface area contributed by atoms with Gasteiger partial charge in [-0.2, -0.15) is 0 Å². The van der Waals surface area contributed by atoms with Crippen LogP contribution in [0, 0.1) is 12.7 Å². The number of rotatable bonds is 2. The maximum atomic E-state index is 13.9. The Hall–Kier alpha value is -2.49. The van der Waals surface area contributed by atoms with Crippen LogP contribution in [0.2, 0.25) is 0 Å². The van der Waals surface area contributed by atoms with Crippen molar-refractivity contribution in [1.29, 1.82) is 0 Å². The quantitative estimate of drug-likeness (QED) is 0.710. The summed E-state index contributed by atoms with van der Waals surface area (Å²) in [4.78, 5) is 8.50. The van der Waals surface area contributed by atoms with E-state index in [1.165, 1.54) is 6.07 Å². The van der Waals surface area contributed by atoms with Gasteiger partial charge in [0.2, 0.25) is 0 Å². The molecule has 0 saturated heterocycles. The second-order valence-electron chi connectivity index (χ2n) is 4.56. The zero-order valence-corrected chi connectivity index (χ0v) is 11.2. The van der Waals surface area contributed by atoms with E-state index < -0.39 is 0 Å². The lowest BCUT2D eigenvalue weighted by atomic mass is 10.0. The molecule has 3 rings (SSSR count). The van der Waals surface area contributed by atoms with Gasteiger partial charge in [-0.15, -0.1) is 0 Å². The normalized spacial score (nSPS) is 10.8. The minimum atomic E-state index is -0.276. The van der Waals surface area contributed by atoms with Gasteiger partial charge in [0.25, 0.3) is 0 Å². The van der Waals surface area contributed by atoms with E-state index in [4.69, 9.17) is 4.74 Å². The second-order valence-corrected chi connectivity index (χ2v) is 4.56. The highest BCUT2D eigenvalue weighted by Crippen LogP contribution is 2.31. The summed E-state index contributed by atoms with van der Waals surface area (Å²) < 4.78 is 19.2. The maximum absolute atomic E-state index is 13.9. The molecule has 0 aliphatic heterocycles. The highest BCUT2D eigenvalue weighted by molar-refractivity contribution is 5.85. The lowest BCUT2D eigenvalue weighted by molar-refractivity contribution is 0.414. The number of pyridine rings is 2. The SMILES string of the molecule is COc1cnc(C)cc1-c1cnc2cccc(F)c2c1. The Labute approximate surface area is 116 Å². The summed E-state index contributed by atoms with van der Waals surface area (Å²) >= 11 is 0. The fourth-order valence-corrected chi connectivity index (χ4v) is 2.20. The summed E-state index contributed by atoms with van der Waals surface area (Å²) in [6.07, 6.45) is 3.38. The zero-order valence-electron chi connectivity index (χ0n) is 11.2. The summed E-state index contributed by atoms with van der Waals surface area (Å²) in [5.41, 5.74) is 3.18. The van der Waals surface area contributed by atoms with Crippen LogP contribution in [0.4, 0.5) is 4.39 Å². The second kappa shape index (κ2) is 4.89. The predicted octanol–water partition coefficient (Wildman–Crippen LogP) is 3.75. The molecule has 20 heavy (non-hydrogen) atoms. The zero-order chi connectivity index (χ0) is 14.1. The lowest BCUT2D eigenvalue weighted by Crippen LogP contribution is -1.93. The minimum absolute atomic E-state index is 0.276. The number of fused-ring (bicyclic) bond motifs is 1. The number of hydrogen-bond donors (Lipinski definition) is 0. The molecule has 0 bridgehead atoms. The molecule has 0 aliphatic carbocycles. The van der Waals surface area contributed by atoms with E-state index in [-0.39, 0.29) is 5.82 Å². The molecule has 0 N–H and O–H groups in total. The standard InChI is InChI=1S/C16H13FN2O/c1-10-6-12(16(20-2)9-18-10)11-7-13-14(17)4-3-5-15(13)19-8-11/h3-9H,1-2H3. The molecule has 100 valence electrons. The molecule has 0 saturated carbocycles. The van der Waals surface area contributed by atoms with Crippen LogP contribution in [0.25, 0.3) is 22.0 Å². The summed E-state index contributed by atoms with van der Waals surface area (Å²) in [5.74, 6) is 0.370. The van der Waals surface area contributed by atoms with Crippen molar-refractivity contribution in [3.05, 3.63) is 54.2 Å². The summed E-state index contributed by atoms with van der Waals surface area (Å²) in [5, 5.41) is 0.501. The average molecular weight is 268 g/mol. The molecule has 2 aromatic heterocycles. The van der Waals surface area contributed by atoms with Crippen molar-refractivity contribution in [2.75, 3.05) is 7.11 Å². The molecule has 0 unspecified atom stereocenters. The molecule has 0 amide bonds. The monoisotopic (exact) mass is 268 g/mol. The fraction of sp³-hybridized carbons (Fsp3) is 0.125. The number of ether oxygens (including phenoxy) is 1. The van der Waals surface area contributed by atoms with Gasteiger partial charge in [-0.05, 0) is 31.2 Å². The molecule has 0 spiro atoms. The van der Waals surface area contributed by atoms with Gasteiger partial charge >= 0.3 is 0 Å². The van der Waals surface area contributed by atoms with Crippen molar-refractivity contribution in [2.24, 2.45) is 0 Å². The van der Waals surface area contributed by atoms with Crippen LogP contribution in [0.5, 0.6) is 5.75 Å². The van der Waals surface area contributed by atoms with Gasteiger partial charge in [-0.3, -0.25) is 9.97 Å². The maximum Gasteiger partial charge on any atom is 0.145 e. The van der Waals surface area contributed by atoms with Gasteiger partial charge in [0.05, 0.1) is 18.8 Å². The first kappa shape index (κ1) is 12.5. The topological polar surface area (TPSA) is 35.0 Å². The molecule has 0 atom stereocenters. The summed E-state index contributed by atoms with van der Waals surface area (Å²) in [6, 6.07) is 8.57. The van der Waals surface area contributed by atoms with Gasteiger partial charge in [-0.1, -0.05) is 6.07 Å². The Morgan fingerprint density at radius 1 is 1.10 bits per heavy atom. The van der Waals surface area contributed by atoms with E-state index in [1.807, 2.05) is 13.0 Å². The molecule has 0 radical (unpaired) electrons. The molecular formula is C16H13FN2O. The van der Waals surface area contributed by atoms with Crippen molar-refractivity contribution in [3.8, 4) is 16.9 Å². The first-order valence-corrected chi connectivity index (χ1v) is 6.24. The molecule has 4 heteroatoms. The summed E-state index contributed by atoms with van der Waals surface area (Å²) in [6.45, 7) is 1.90. The largest absolute Gasteiger partial charge is 0.494 e. The molecule has 3 nitrogen and oxygen atoms in total. The first-order valence-electron chi connectivity index (χ1n) is 6.24. The van der Waals surface area contributed by atoms with E-state index in [0.29, 0.717) is 16.7 Å². The smallest absolute Gasteiger partial charge is 0.145 e. The Morgan fingerprint density at radius 3 is 2.75 bits per heavy atom. The lowest BCUT2D eigenvalue weighted by Gasteiger charge is -2.09. The van der Waals surface area contributed by atoms with Crippen LogP contribution >= 0.6 is 0 Å². The third-order valence-corrected chi connectivity index (χ3v) is 3.21. The van der Waals surface area contributed by atoms with Crippen molar-refractivity contribution < 1.29 is 9.13 Å². The average Bonchev–Trinajstić information content (AvgIpc) is 2.47. The number of hydrogen-bond acceptors (Lipinski definition) is 3. The van der Waals surface area contributed by atoms with Gasteiger partial charge in [0.15, 0.2) is 0 Å². The van der Waals surface area contributed by atoms with E-state index >= 15 is 0 Å². The predicted molar refractivity (Wildman–Crippen MR) is 76.2 cm³/mol. The van der Waals surface area contributed by atoms with Crippen LogP contribution in [-0.2, 0) is 0 Å². The Balaban J connectivity index is 2.24. The van der Waals surface area contributed by atoms with Gasteiger partial charge in [-0.25, -0.2) is 4.39 Å². The van der Waals surface area contributed by atoms with Crippen molar-refractivity contribution >= 4 is 10.9 Å². The molecular weight excluding hydrogens is 255 g/mol. The molecule has 0 aliphatic rings. The van der Waals surface area contributed by atoms with Gasteiger partial charge < -0.3 is 4.74 Å².